The van der Waals surface area contributed by atoms with E-state index < -0.39 is 10.0 Å². The molecule has 2 rings (SSSR count). The van der Waals surface area contributed by atoms with Crippen molar-refractivity contribution >= 4 is 38.8 Å². The molecule has 0 amide bonds. The largest absolute Gasteiger partial charge is 0.389 e. The number of thiocarbonyl (C=S) groups is 1. The van der Waals surface area contributed by atoms with Gasteiger partial charge in [-0.2, -0.15) is 0 Å². The van der Waals surface area contributed by atoms with E-state index in [0.717, 1.165) is 5.56 Å². The van der Waals surface area contributed by atoms with E-state index in [9.17, 15) is 8.42 Å². The maximum atomic E-state index is 12.2. The Labute approximate surface area is 134 Å². The zero-order chi connectivity index (χ0) is 15.5. The van der Waals surface area contributed by atoms with Crippen LogP contribution in [0.4, 0.5) is 0 Å². The SMILES string of the molecule is NC(=S)c1cccc(S(=O)(=O)NCc2ccc(Cl)cc2)c1. The number of rotatable bonds is 5. The van der Waals surface area contributed by atoms with Gasteiger partial charge < -0.3 is 5.73 Å². The third-order valence-corrected chi connectivity index (χ3v) is 4.70. The highest BCUT2D eigenvalue weighted by atomic mass is 35.5. The van der Waals surface area contributed by atoms with E-state index in [4.69, 9.17) is 29.6 Å². The minimum absolute atomic E-state index is 0.127. The summed E-state index contributed by atoms with van der Waals surface area (Å²) in [6.45, 7) is 0.177. The van der Waals surface area contributed by atoms with Crippen molar-refractivity contribution in [3.05, 3.63) is 64.7 Å². The van der Waals surface area contributed by atoms with Crippen LogP contribution >= 0.6 is 23.8 Å². The van der Waals surface area contributed by atoms with Gasteiger partial charge in [0.2, 0.25) is 10.0 Å². The Morgan fingerprint density at radius 2 is 1.86 bits per heavy atom. The van der Waals surface area contributed by atoms with Gasteiger partial charge in [0.25, 0.3) is 0 Å². The fourth-order valence-corrected chi connectivity index (χ4v) is 3.00. The standard InChI is InChI=1S/C14H13ClN2O2S2/c15-12-6-4-10(5-7-12)9-17-21(18,19)13-3-1-2-11(8-13)14(16)20/h1-8,17H,9H2,(H2,16,20). The molecule has 0 aliphatic rings. The maximum absolute atomic E-state index is 12.2. The number of hydrogen-bond acceptors (Lipinski definition) is 3. The molecule has 0 spiro atoms. The van der Waals surface area contributed by atoms with Gasteiger partial charge in [0.15, 0.2) is 0 Å². The number of hydrogen-bond donors (Lipinski definition) is 2. The van der Waals surface area contributed by atoms with Crippen LogP contribution in [-0.4, -0.2) is 13.4 Å². The predicted molar refractivity (Wildman–Crippen MR) is 87.8 cm³/mol. The quantitative estimate of drug-likeness (QED) is 0.820. The van der Waals surface area contributed by atoms with E-state index in [1.165, 1.54) is 12.1 Å². The molecule has 2 aromatic rings. The van der Waals surface area contributed by atoms with Gasteiger partial charge in [-0.15, -0.1) is 0 Å². The summed E-state index contributed by atoms with van der Waals surface area (Å²) in [4.78, 5) is 0.284. The van der Waals surface area contributed by atoms with Gasteiger partial charge in [0.1, 0.15) is 4.99 Å². The Balaban J connectivity index is 2.16. The summed E-state index contributed by atoms with van der Waals surface area (Å²) in [6, 6.07) is 13.1. The van der Waals surface area contributed by atoms with E-state index >= 15 is 0 Å². The maximum Gasteiger partial charge on any atom is 0.240 e. The molecule has 21 heavy (non-hydrogen) atoms. The molecule has 0 aliphatic heterocycles. The van der Waals surface area contributed by atoms with Crippen molar-refractivity contribution in [3.63, 3.8) is 0 Å². The number of halogens is 1. The van der Waals surface area contributed by atoms with Crippen LogP contribution in [-0.2, 0) is 16.6 Å². The Kier molecular flexibility index (Phi) is 4.95. The second kappa shape index (κ2) is 6.53. The lowest BCUT2D eigenvalue weighted by molar-refractivity contribution is 0.581. The first-order chi connectivity index (χ1) is 9.88. The van der Waals surface area contributed by atoms with Crippen molar-refractivity contribution in [2.75, 3.05) is 0 Å². The van der Waals surface area contributed by atoms with E-state index in [1.54, 1.807) is 36.4 Å². The topological polar surface area (TPSA) is 72.2 Å². The Morgan fingerprint density at radius 3 is 2.48 bits per heavy atom. The number of benzene rings is 2. The summed E-state index contributed by atoms with van der Waals surface area (Å²) in [7, 11) is -3.62. The molecule has 0 fully saturated rings. The van der Waals surface area contributed by atoms with Crippen LogP contribution in [0.1, 0.15) is 11.1 Å². The molecule has 0 atom stereocenters. The van der Waals surface area contributed by atoms with Crippen LogP contribution in [0.2, 0.25) is 5.02 Å². The molecular weight excluding hydrogens is 328 g/mol. The smallest absolute Gasteiger partial charge is 0.240 e. The lowest BCUT2D eigenvalue weighted by atomic mass is 10.2. The summed E-state index contributed by atoms with van der Waals surface area (Å²) < 4.78 is 27.0. The van der Waals surface area contributed by atoms with E-state index in [0.29, 0.717) is 10.6 Å². The van der Waals surface area contributed by atoms with Crippen LogP contribution in [0.15, 0.2) is 53.4 Å². The summed E-state index contributed by atoms with van der Waals surface area (Å²) in [6.07, 6.45) is 0. The second-order valence-electron chi connectivity index (χ2n) is 4.34. The molecule has 110 valence electrons. The average Bonchev–Trinajstić information content (AvgIpc) is 2.47. The number of nitrogens with two attached hydrogens (primary N) is 1. The first kappa shape index (κ1) is 15.9. The first-order valence-corrected chi connectivity index (χ1v) is 8.29. The Bertz CT molecular complexity index is 759. The molecule has 2 aromatic carbocycles. The minimum Gasteiger partial charge on any atom is -0.389 e. The van der Waals surface area contributed by atoms with Crippen LogP contribution in [0.25, 0.3) is 0 Å². The summed E-state index contributed by atoms with van der Waals surface area (Å²) >= 11 is 10.6. The van der Waals surface area contributed by atoms with Crippen molar-refractivity contribution in [3.8, 4) is 0 Å². The highest BCUT2D eigenvalue weighted by Gasteiger charge is 2.14. The normalized spacial score (nSPS) is 11.3. The third-order valence-electron chi connectivity index (χ3n) is 2.81. The van der Waals surface area contributed by atoms with Crippen molar-refractivity contribution in [2.24, 2.45) is 5.73 Å². The lowest BCUT2D eigenvalue weighted by Crippen LogP contribution is -2.23. The highest BCUT2D eigenvalue weighted by Crippen LogP contribution is 2.13. The van der Waals surface area contributed by atoms with Crippen molar-refractivity contribution in [1.29, 1.82) is 0 Å². The number of sulfonamides is 1. The van der Waals surface area contributed by atoms with E-state index in [-0.39, 0.29) is 16.4 Å². The summed E-state index contributed by atoms with van der Waals surface area (Å²) in [5, 5.41) is 0.603. The summed E-state index contributed by atoms with van der Waals surface area (Å²) in [5.74, 6) is 0. The zero-order valence-corrected chi connectivity index (χ0v) is 13.3. The molecule has 0 heterocycles. The van der Waals surface area contributed by atoms with E-state index in [1.807, 2.05) is 0 Å². The van der Waals surface area contributed by atoms with Gasteiger partial charge in [-0.3, -0.25) is 0 Å². The van der Waals surface area contributed by atoms with Crippen LogP contribution in [0.5, 0.6) is 0 Å². The highest BCUT2D eigenvalue weighted by molar-refractivity contribution is 7.89. The fraction of sp³-hybridized carbons (Fsp3) is 0.0714. The molecule has 0 radical (unpaired) electrons. The molecule has 7 heteroatoms. The first-order valence-electron chi connectivity index (χ1n) is 6.02. The second-order valence-corrected chi connectivity index (χ2v) is 6.99. The molecule has 0 aromatic heterocycles. The van der Waals surface area contributed by atoms with Crippen molar-refractivity contribution in [2.45, 2.75) is 11.4 Å². The summed E-state index contributed by atoms with van der Waals surface area (Å²) in [5.41, 5.74) is 6.84. The van der Waals surface area contributed by atoms with Crippen molar-refractivity contribution < 1.29 is 8.42 Å². The van der Waals surface area contributed by atoms with Crippen molar-refractivity contribution in [1.82, 2.24) is 4.72 Å². The molecule has 0 saturated heterocycles. The van der Waals surface area contributed by atoms with Gasteiger partial charge in [-0.05, 0) is 29.8 Å². The Morgan fingerprint density at radius 1 is 1.19 bits per heavy atom. The zero-order valence-electron chi connectivity index (χ0n) is 10.9. The molecule has 0 aliphatic carbocycles. The Hall–Kier alpha value is -1.47. The predicted octanol–water partition coefficient (Wildman–Crippen LogP) is 2.45. The third kappa shape index (κ3) is 4.25. The lowest BCUT2D eigenvalue weighted by Gasteiger charge is -2.08. The molecule has 4 nitrogen and oxygen atoms in total. The van der Waals surface area contributed by atoms with Crippen LogP contribution in [0.3, 0.4) is 0 Å². The van der Waals surface area contributed by atoms with Gasteiger partial charge in [0.05, 0.1) is 4.90 Å². The van der Waals surface area contributed by atoms with Crippen LogP contribution < -0.4 is 10.5 Å². The molecule has 3 N–H and O–H groups in total. The average molecular weight is 341 g/mol. The monoisotopic (exact) mass is 340 g/mol. The van der Waals surface area contributed by atoms with Gasteiger partial charge in [-0.25, -0.2) is 13.1 Å². The molecule has 0 unspecified atom stereocenters. The molecule has 0 saturated carbocycles. The fourth-order valence-electron chi connectivity index (χ4n) is 1.68. The molecular formula is C14H13ClN2O2S2. The molecule has 0 bridgehead atoms. The number of nitrogens with one attached hydrogen (secondary N) is 1. The van der Waals surface area contributed by atoms with E-state index in [2.05, 4.69) is 4.72 Å². The van der Waals surface area contributed by atoms with Gasteiger partial charge >= 0.3 is 0 Å². The van der Waals surface area contributed by atoms with Gasteiger partial charge in [-0.1, -0.05) is 48.1 Å². The minimum atomic E-state index is -3.62. The van der Waals surface area contributed by atoms with Crippen LogP contribution in [0, 0.1) is 0 Å². The van der Waals surface area contributed by atoms with Gasteiger partial charge in [0, 0.05) is 17.1 Å².